The van der Waals surface area contributed by atoms with E-state index in [9.17, 15) is 5.11 Å². The molecule has 0 bridgehead atoms. The number of benzene rings is 1. The van der Waals surface area contributed by atoms with E-state index in [1.807, 2.05) is 6.92 Å². The van der Waals surface area contributed by atoms with E-state index in [2.05, 4.69) is 31.8 Å². The molecule has 0 aliphatic heterocycles. The van der Waals surface area contributed by atoms with Crippen LogP contribution in [0.3, 0.4) is 0 Å². The first-order chi connectivity index (χ1) is 8.58. The van der Waals surface area contributed by atoms with Crippen molar-refractivity contribution in [1.82, 2.24) is 10.7 Å². The van der Waals surface area contributed by atoms with Crippen LogP contribution in [0.5, 0.6) is 11.5 Å². The molecule has 0 aliphatic rings. The van der Waals surface area contributed by atoms with E-state index in [0.29, 0.717) is 15.3 Å². The average molecular weight is 332 g/mol. The Morgan fingerprint density at radius 3 is 2.94 bits per heavy atom. The Hall–Kier alpha value is -1.34. The van der Waals surface area contributed by atoms with Crippen molar-refractivity contribution < 1.29 is 9.84 Å². The maximum Gasteiger partial charge on any atom is 0.186 e. The van der Waals surface area contributed by atoms with Gasteiger partial charge in [-0.25, -0.2) is 0 Å². The molecule has 0 saturated heterocycles. The summed E-state index contributed by atoms with van der Waals surface area (Å²) in [6.45, 7) is 2.68. The Morgan fingerprint density at radius 2 is 2.33 bits per heavy atom. The van der Waals surface area contributed by atoms with Crippen molar-refractivity contribution in [3.8, 4) is 11.5 Å². The lowest BCUT2D eigenvalue weighted by Gasteiger charge is -2.06. The molecule has 1 rings (SSSR count). The predicted octanol–water partition coefficient (Wildman–Crippen LogP) is 1.98. The van der Waals surface area contributed by atoms with E-state index in [-0.39, 0.29) is 5.75 Å². The molecule has 1 aromatic carbocycles. The number of phenols is 1. The number of rotatable bonds is 4. The second-order valence-corrected chi connectivity index (χ2v) is 4.55. The molecule has 0 unspecified atom stereocenters. The molecule has 18 heavy (non-hydrogen) atoms. The van der Waals surface area contributed by atoms with Crippen molar-refractivity contribution in [3.63, 3.8) is 0 Å². The number of phenolic OH excluding ortho intramolecular Hbond substituents is 1. The molecule has 0 amide bonds. The Bertz CT molecular complexity index is 466. The standard InChI is InChI=1S/C11H14BrN3O2S/c1-3-13-11(18)15-14-6-7-4-8(12)10(16)9(5-7)17-2/h4-6,16H,3H2,1-2H3,(H2,13,15,18)/b14-6-. The van der Waals surface area contributed by atoms with Crippen molar-refractivity contribution in [2.24, 2.45) is 5.10 Å². The lowest BCUT2D eigenvalue weighted by atomic mass is 10.2. The van der Waals surface area contributed by atoms with Crippen molar-refractivity contribution in [2.75, 3.05) is 13.7 Å². The van der Waals surface area contributed by atoms with Crippen LogP contribution in [0.1, 0.15) is 12.5 Å². The summed E-state index contributed by atoms with van der Waals surface area (Å²) in [6, 6.07) is 3.39. The lowest BCUT2D eigenvalue weighted by Crippen LogP contribution is -2.31. The van der Waals surface area contributed by atoms with Crippen LogP contribution in [-0.2, 0) is 0 Å². The van der Waals surface area contributed by atoms with Crippen molar-refractivity contribution in [3.05, 3.63) is 22.2 Å². The fourth-order valence-corrected chi connectivity index (χ4v) is 1.85. The SMILES string of the molecule is CCNC(=S)N/N=C\c1cc(Br)c(O)c(OC)c1. The Kier molecular flexibility index (Phi) is 5.87. The molecule has 0 atom stereocenters. The number of nitrogens with zero attached hydrogens (tertiary/aromatic N) is 1. The molecule has 3 N–H and O–H groups in total. The summed E-state index contributed by atoms with van der Waals surface area (Å²) in [5.74, 6) is 0.436. The zero-order valence-electron chi connectivity index (χ0n) is 10.0. The van der Waals surface area contributed by atoms with Gasteiger partial charge in [-0.15, -0.1) is 0 Å². The van der Waals surface area contributed by atoms with Crippen LogP contribution in [0.2, 0.25) is 0 Å². The zero-order valence-corrected chi connectivity index (χ0v) is 12.4. The topological polar surface area (TPSA) is 65.9 Å². The number of hydrogen-bond acceptors (Lipinski definition) is 4. The van der Waals surface area contributed by atoms with Gasteiger partial charge in [0.2, 0.25) is 0 Å². The normalized spacial score (nSPS) is 10.4. The maximum atomic E-state index is 9.64. The van der Waals surface area contributed by atoms with Gasteiger partial charge in [-0.2, -0.15) is 5.10 Å². The van der Waals surface area contributed by atoms with Gasteiger partial charge in [-0.1, -0.05) is 0 Å². The molecule has 0 spiro atoms. The number of hydrazone groups is 1. The van der Waals surface area contributed by atoms with Crippen molar-refractivity contribution in [1.29, 1.82) is 0 Å². The number of nitrogens with one attached hydrogen (secondary N) is 2. The summed E-state index contributed by atoms with van der Waals surface area (Å²) in [7, 11) is 1.49. The highest BCUT2D eigenvalue weighted by Crippen LogP contribution is 2.34. The van der Waals surface area contributed by atoms with Crippen molar-refractivity contribution in [2.45, 2.75) is 6.92 Å². The zero-order chi connectivity index (χ0) is 13.5. The Labute approximate surface area is 119 Å². The van der Waals surface area contributed by atoms with Gasteiger partial charge in [0.25, 0.3) is 0 Å². The minimum Gasteiger partial charge on any atom is -0.503 e. The van der Waals surface area contributed by atoms with E-state index < -0.39 is 0 Å². The van der Waals surface area contributed by atoms with Crippen LogP contribution in [0, 0.1) is 0 Å². The van der Waals surface area contributed by atoms with Crippen LogP contribution in [0.15, 0.2) is 21.7 Å². The van der Waals surface area contributed by atoms with Crippen LogP contribution >= 0.6 is 28.1 Å². The highest BCUT2D eigenvalue weighted by atomic mass is 79.9. The molecule has 7 heteroatoms. The number of methoxy groups -OCH3 is 1. The third kappa shape index (κ3) is 4.15. The van der Waals surface area contributed by atoms with Gasteiger partial charge in [0.15, 0.2) is 16.6 Å². The highest BCUT2D eigenvalue weighted by molar-refractivity contribution is 9.10. The average Bonchev–Trinajstić information content (AvgIpc) is 2.33. The van der Waals surface area contributed by atoms with E-state index in [1.54, 1.807) is 18.3 Å². The minimum absolute atomic E-state index is 0.0609. The fourth-order valence-electron chi connectivity index (χ4n) is 1.19. The van der Waals surface area contributed by atoms with Gasteiger partial charge in [-0.05, 0) is 52.8 Å². The highest BCUT2D eigenvalue weighted by Gasteiger charge is 2.07. The molecule has 1 aromatic rings. The number of ether oxygens (including phenoxy) is 1. The van der Waals surface area contributed by atoms with Gasteiger partial charge in [0.1, 0.15) is 0 Å². The maximum absolute atomic E-state index is 9.64. The van der Waals surface area contributed by atoms with Crippen LogP contribution in [-0.4, -0.2) is 30.1 Å². The number of thiocarbonyl (C=S) groups is 1. The molecule has 0 heterocycles. The Morgan fingerprint density at radius 1 is 1.61 bits per heavy atom. The van der Waals surface area contributed by atoms with Crippen LogP contribution in [0.4, 0.5) is 0 Å². The smallest absolute Gasteiger partial charge is 0.186 e. The van der Waals surface area contributed by atoms with E-state index >= 15 is 0 Å². The molecule has 0 radical (unpaired) electrons. The molecule has 0 fully saturated rings. The van der Waals surface area contributed by atoms with E-state index in [4.69, 9.17) is 17.0 Å². The first-order valence-corrected chi connectivity index (χ1v) is 6.42. The summed E-state index contributed by atoms with van der Waals surface area (Å²) < 4.78 is 5.57. The second-order valence-electron chi connectivity index (χ2n) is 3.28. The molecule has 5 nitrogen and oxygen atoms in total. The summed E-state index contributed by atoms with van der Waals surface area (Å²) >= 11 is 8.19. The molecular formula is C11H14BrN3O2S. The Balaban J connectivity index is 2.76. The number of hydrogen-bond donors (Lipinski definition) is 3. The quantitative estimate of drug-likeness (QED) is 0.447. The van der Waals surface area contributed by atoms with Gasteiger partial charge in [-0.3, -0.25) is 5.43 Å². The molecule has 98 valence electrons. The molecule has 0 saturated carbocycles. The summed E-state index contributed by atoms with van der Waals surface area (Å²) in [6.07, 6.45) is 1.58. The van der Waals surface area contributed by atoms with Gasteiger partial charge >= 0.3 is 0 Å². The number of halogens is 1. The first-order valence-electron chi connectivity index (χ1n) is 5.21. The molecule has 0 aromatic heterocycles. The third-order valence-electron chi connectivity index (χ3n) is 1.99. The largest absolute Gasteiger partial charge is 0.503 e. The first kappa shape index (κ1) is 14.7. The molecular weight excluding hydrogens is 318 g/mol. The monoisotopic (exact) mass is 331 g/mol. The summed E-state index contributed by atoms with van der Waals surface area (Å²) in [5.41, 5.74) is 3.44. The van der Waals surface area contributed by atoms with Gasteiger partial charge in [0, 0.05) is 6.54 Å². The van der Waals surface area contributed by atoms with Gasteiger partial charge < -0.3 is 15.2 Å². The summed E-state index contributed by atoms with van der Waals surface area (Å²) in [4.78, 5) is 0. The van der Waals surface area contributed by atoms with E-state index in [1.165, 1.54) is 7.11 Å². The number of aromatic hydroxyl groups is 1. The fraction of sp³-hybridized carbons (Fsp3) is 0.273. The second kappa shape index (κ2) is 7.17. The van der Waals surface area contributed by atoms with Crippen LogP contribution < -0.4 is 15.5 Å². The minimum atomic E-state index is 0.0609. The van der Waals surface area contributed by atoms with Crippen molar-refractivity contribution >= 4 is 39.5 Å². The van der Waals surface area contributed by atoms with Crippen LogP contribution in [0.25, 0.3) is 0 Å². The van der Waals surface area contributed by atoms with Gasteiger partial charge in [0.05, 0.1) is 17.8 Å². The summed E-state index contributed by atoms with van der Waals surface area (Å²) in [5, 5.41) is 17.0. The van der Waals surface area contributed by atoms with E-state index in [0.717, 1.165) is 12.1 Å². The third-order valence-corrected chi connectivity index (χ3v) is 2.83. The predicted molar refractivity (Wildman–Crippen MR) is 79.4 cm³/mol. The molecule has 0 aliphatic carbocycles. The lowest BCUT2D eigenvalue weighted by molar-refractivity contribution is 0.372.